The molecule has 0 unspecified atom stereocenters. The highest BCUT2D eigenvalue weighted by atomic mass is 19.1. The van der Waals surface area contributed by atoms with Gasteiger partial charge >= 0.3 is 0 Å². The van der Waals surface area contributed by atoms with Crippen LogP contribution in [-0.2, 0) is 6.54 Å². The number of aromatic amines is 1. The Bertz CT molecular complexity index is 1530. The minimum absolute atomic E-state index is 0.0848. The molecule has 2 aliphatic rings. The van der Waals surface area contributed by atoms with Crippen LogP contribution in [0, 0.1) is 0 Å². The lowest BCUT2D eigenvalue weighted by Gasteiger charge is -2.34. The number of H-pyrrole nitrogens is 1. The molecule has 5 heterocycles. The Morgan fingerprint density at radius 3 is 2.55 bits per heavy atom. The lowest BCUT2D eigenvalue weighted by molar-refractivity contribution is 0.0704. The molecule has 0 bridgehead atoms. The summed E-state index contributed by atoms with van der Waals surface area (Å²) < 4.78 is 14.2. The van der Waals surface area contributed by atoms with E-state index in [9.17, 15) is 14.0 Å². The molecule has 2 fully saturated rings. The van der Waals surface area contributed by atoms with Crippen molar-refractivity contribution in [1.82, 2.24) is 30.0 Å². The quantitative estimate of drug-likeness (QED) is 0.362. The number of fused-ring (bicyclic) bond motifs is 1. The number of carbonyl (C=O) groups is 2. The van der Waals surface area contributed by atoms with Crippen LogP contribution in [0.5, 0.6) is 0 Å². The monoisotopic (exact) mass is 541 g/mol. The second-order valence-electron chi connectivity index (χ2n) is 11.0. The summed E-state index contributed by atoms with van der Waals surface area (Å²) in [7, 11) is 0. The van der Waals surface area contributed by atoms with Crippen LogP contribution in [0.25, 0.3) is 22.0 Å². The van der Waals surface area contributed by atoms with Crippen molar-refractivity contribution >= 4 is 28.4 Å². The maximum Gasteiger partial charge on any atom is 0.276 e. The highest BCUT2D eigenvalue weighted by Gasteiger charge is 2.29. The van der Waals surface area contributed by atoms with Crippen LogP contribution < -0.4 is 5.32 Å². The fourth-order valence-electron chi connectivity index (χ4n) is 5.40. The highest BCUT2D eigenvalue weighted by Crippen LogP contribution is 2.29. The van der Waals surface area contributed by atoms with Crippen molar-refractivity contribution in [1.29, 1.82) is 0 Å². The number of nitrogens with zero attached hydrogens (tertiary/aromatic N) is 5. The van der Waals surface area contributed by atoms with Gasteiger partial charge in [-0.05, 0) is 74.1 Å². The number of halogens is 1. The molecule has 40 heavy (non-hydrogen) atoms. The third kappa shape index (κ3) is 5.58. The van der Waals surface area contributed by atoms with E-state index in [1.54, 1.807) is 30.2 Å². The molecular weight excluding hydrogens is 509 g/mol. The molecule has 9 nitrogen and oxygen atoms in total. The molecule has 2 saturated heterocycles. The van der Waals surface area contributed by atoms with Gasteiger partial charge < -0.3 is 10.2 Å². The molecule has 1 aromatic carbocycles. The Kier molecular flexibility index (Phi) is 7.02. The molecule has 0 spiro atoms. The molecule has 2 N–H and O–H groups in total. The molecule has 6 rings (SSSR count). The first-order valence-electron chi connectivity index (χ1n) is 13.8. The fraction of sp³-hybridized carbons (Fsp3) is 0.367. The number of rotatable bonds is 6. The summed E-state index contributed by atoms with van der Waals surface area (Å²) >= 11 is 0. The number of anilines is 1. The zero-order valence-corrected chi connectivity index (χ0v) is 22.5. The van der Waals surface area contributed by atoms with Gasteiger partial charge in [-0.1, -0.05) is 6.07 Å². The summed E-state index contributed by atoms with van der Waals surface area (Å²) in [6.07, 6.45) is 8.26. The maximum atomic E-state index is 14.2. The molecule has 4 aromatic rings. The number of carbonyl (C=O) groups excluding carboxylic acids is 2. The van der Waals surface area contributed by atoms with E-state index in [0.29, 0.717) is 29.6 Å². The Hall–Kier alpha value is -4.18. The second-order valence-corrected chi connectivity index (χ2v) is 11.0. The van der Waals surface area contributed by atoms with Crippen molar-refractivity contribution in [3.8, 4) is 11.1 Å². The average Bonchev–Trinajstić information content (AvgIpc) is 3.65. The van der Waals surface area contributed by atoms with Gasteiger partial charge in [0, 0.05) is 56.1 Å². The van der Waals surface area contributed by atoms with E-state index in [-0.39, 0.29) is 17.5 Å². The van der Waals surface area contributed by atoms with Crippen molar-refractivity contribution in [2.24, 2.45) is 0 Å². The largest absolute Gasteiger partial charge is 0.337 e. The van der Waals surface area contributed by atoms with Crippen molar-refractivity contribution in [3.63, 3.8) is 0 Å². The summed E-state index contributed by atoms with van der Waals surface area (Å²) in [5.74, 6) is -0.459. The Morgan fingerprint density at radius 2 is 1.80 bits per heavy atom. The minimum Gasteiger partial charge on any atom is -0.337 e. The summed E-state index contributed by atoms with van der Waals surface area (Å²) in [5, 5.41) is 10.7. The summed E-state index contributed by atoms with van der Waals surface area (Å²) in [5.41, 5.74) is 3.69. The third-order valence-electron chi connectivity index (χ3n) is 7.84. The first kappa shape index (κ1) is 26.1. The molecule has 2 amide bonds. The predicted octanol–water partition coefficient (Wildman–Crippen LogP) is 4.83. The number of pyridine rings is 2. The Morgan fingerprint density at radius 1 is 1.00 bits per heavy atom. The first-order valence-corrected chi connectivity index (χ1v) is 13.8. The van der Waals surface area contributed by atoms with Crippen molar-refractivity contribution < 1.29 is 14.0 Å². The van der Waals surface area contributed by atoms with E-state index < -0.39 is 5.67 Å². The number of benzene rings is 1. The smallest absolute Gasteiger partial charge is 0.276 e. The molecule has 0 aliphatic carbocycles. The molecule has 2 aliphatic heterocycles. The lowest BCUT2D eigenvalue weighted by Crippen LogP contribution is -2.39. The summed E-state index contributed by atoms with van der Waals surface area (Å²) in [4.78, 5) is 38.5. The number of hydrogen-bond acceptors (Lipinski definition) is 6. The van der Waals surface area contributed by atoms with Gasteiger partial charge in [-0.15, -0.1) is 0 Å². The predicted molar refractivity (Wildman–Crippen MR) is 151 cm³/mol. The number of alkyl halides is 1. The fourth-order valence-corrected chi connectivity index (χ4v) is 5.40. The number of aromatic nitrogens is 4. The molecular formula is C30H32FN7O2. The van der Waals surface area contributed by atoms with Gasteiger partial charge in [0.25, 0.3) is 11.8 Å². The van der Waals surface area contributed by atoms with Gasteiger partial charge in [0.15, 0.2) is 5.69 Å². The van der Waals surface area contributed by atoms with Gasteiger partial charge in [-0.3, -0.25) is 24.6 Å². The topological polar surface area (TPSA) is 107 Å². The summed E-state index contributed by atoms with van der Waals surface area (Å²) in [6, 6.07) is 11.2. The third-order valence-corrected chi connectivity index (χ3v) is 7.84. The minimum atomic E-state index is -1.08. The lowest BCUT2D eigenvalue weighted by atomic mass is 9.95. The zero-order chi connectivity index (χ0) is 27.7. The average molecular weight is 542 g/mol. The van der Waals surface area contributed by atoms with Crippen LogP contribution in [0.15, 0.2) is 55.0 Å². The maximum absolute atomic E-state index is 14.2. The second kappa shape index (κ2) is 10.8. The van der Waals surface area contributed by atoms with Gasteiger partial charge in [0.2, 0.25) is 0 Å². The first-order chi connectivity index (χ1) is 19.3. The van der Waals surface area contributed by atoms with Crippen molar-refractivity contribution in [2.45, 2.75) is 44.8 Å². The van der Waals surface area contributed by atoms with E-state index >= 15 is 0 Å². The van der Waals surface area contributed by atoms with Crippen LogP contribution in [0.1, 0.15) is 59.1 Å². The van der Waals surface area contributed by atoms with Crippen LogP contribution in [-0.4, -0.2) is 73.6 Å². The van der Waals surface area contributed by atoms with E-state index in [1.165, 1.54) is 6.20 Å². The normalized spacial score (nSPS) is 17.3. The molecule has 3 aromatic heterocycles. The Labute approximate surface area is 231 Å². The molecule has 0 radical (unpaired) electrons. The van der Waals surface area contributed by atoms with E-state index in [4.69, 9.17) is 0 Å². The standard InChI is InChI=1S/C30H32FN7O2/c1-30(31)8-12-37(13-9-30)19-20-14-22(17-32-16-20)21-4-6-25-24(15-21)27(36-35-25)28(39)34-23-5-7-26(33-18-23)29(40)38-10-2-3-11-38/h4-7,14-18H,2-3,8-13,19H2,1H3,(H,34,39)(H,35,36). The van der Waals surface area contributed by atoms with Crippen LogP contribution in [0.3, 0.4) is 0 Å². The highest BCUT2D eigenvalue weighted by molar-refractivity contribution is 6.11. The van der Waals surface area contributed by atoms with Gasteiger partial charge in [-0.25, -0.2) is 9.37 Å². The van der Waals surface area contributed by atoms with Crippen molar-refractivity contribution in [3.05, 3.63) is 71.9 Å². The van der Waals surface area contributed by atoms with E-state index in [1.807, 2.05) is 24.4 Å². The van der Waals surface area contributed by atoms with Crippen LogP contribution in [0.4, 0.5) is 10.1 Å². The van der Waals surface area contributed by atoms with E-state index in [2.05, 4.69) is 36.4 Å². The number of amides is 2. The molecule has 10 heteroatoms. The van der Waals surface area contributed by atoms with Crippen molar-refractivity contribution in [2.75, 3.05) is 31.5 Å². The van der Waals surface area contributed by atoms with Crippen LogP contribution >= 0.6 is 0 Å². The number of piperidine rings is 1. The Balaban J connectivity index is 1.17. The number of likely N-dealkylation sites (tertiary alicyclic amines) is 2. The van der Waals surface area contributed by atoms with Gasteiger partial charge in [0.05, 0.1) is 17.4 Å². The molecule has 0 atom stereocenters. The summed E-state index contributed by atoms with van der Waals surface area (Å²) in [6.45, 7) is 5.36. The number of nitrogens with one attached hydrogen (secondary N) is 2. The van der Waals surface area contributed by atoms with Crippen LogP contribution in [0.2, 0.25) is 0 Å². The van der Waals surface area contributed by atoms with E-state index in [0.717, 1.165) is 67.8 Å². The molecule has 206 valence electrons. The zero-order valence-electron chi connectivity index (χ0n) is 22.5. The number of hydrogen-bond donors (Lipinski definition) is 2. The van der Waals surface area contributed by atoms with Gasteiger partial charge in [0.1, 0.15) is 11.4 Å². The van der Waals surface area contributed by atoms with Gasteiger partial charge in [-0.2, -0.15) is 5.10 Å². The SMILES string of the molecule is CC1(F)CCN(Cc2cncc(-c3ccc4[nH]nc(C(=O)Nc5ccc(C(=O)N6CCCC6)nc5)c4c3)c2)CC1. The molecule has 0 saturated carbocycles.